The summed E-state index contributed by atoms with van der Waals surface area (Å²) < 4.78 is 1.69. The fraction of sp³-hybridized carbons (Fsp3) is 0.0800. The van der Waals surface area contributed by atoms with Crippen molar-refractivity contribution >= 4 is 35.0 Å². The molecular formula is C25H20N4O4S. The lowest BCUT2D eigenvalue weighted by Crippen LogP contribution is -2.33. The van der Waals surface area contributed by atoms with Gasteiger partial charge in [0.05, 0.1) is 22.0 Å². The average molecular weight is 473 g/mol. The second-order valence-electron chi connectivity index (χ2n) is 7.36. The van der Waals surface area contributed by atoms with E-state index in [0.29, 0.717) is 27.0 Å². The van der Waals surface area contributed by atoms with Crippen LogP contribution < -0.4 is 4.90 Å². The number of hydrogen-bond acceptors (Lipinski definition) is 6. The highest BCUT2D eigenvalue weighted by molar-refractivity contribution is 7.99. The number of aromatic nitrogens is 2. The van der Waals surface area contributed by atoms with Crippen molar-refractivity contribution in [2.45, 2.75) is 23.8 Å². The topological polar surface area (TPSA) is 98.3 Å². The van der Waals surface area contributed by atoms with Gasteiger partial charge < -0.3 is 0 Å². The quantitative estimate of drug-likeness (QED) is 0.272. The molecule has 2 amide bonds. The van der Waals surface area contributed by atoms with Crippen LogP contribution in [0.15, 0.2) is 94.9 Å². The summed E-state index contributed by atoms with van der Waals surface area (Å²) in [5.41, 5.74) is 2.73. The number of benzene rings is 3. The zero-order chi connectivity index (χ0) is 24.2. The maximum atomic E-state index is 12.2. The van der Waals surface area contributed by atoms with Crippen molar-refractivity contribution in [3.63, 3.8) is 0 Å². The van der Waals surface area contributed by atoms with Crippen molar-refractivity contribution in [3.8, 4) is 16.9 Å². The predicted octanol–water partition coefficient (Wildman–Crippen LogP) is 5.50. The number of carbonyl (C=O) groups excluding carboxylic acids is 2. The fourth-order valence-electron chi connectivity index (χ4n) is 3.49. The molecule has 3 aromatic carbocycles. The van der Waals surface area contributed by atoms with E-state index in [4.69, 9.17) is 5.10 Å². The van der Waals surface area contributed by atoms with Gasteiger partial charge in [0.15, 0.2) is 0 Å². The Bertz CT molecular complexity index is 1350. The number of hydrogen-bond donors (Lipinski definition) is 0. The summed E-state index contributed by atoms with van der Waals surface area (Å²) in [6.45, 7) is 2.69. The van der Waals surface area contributed by atoms with E-state index in [-0.39, 0.29) is 17.5 Å². The van der Waals surface area contributed by atoms with Crippen molar-refractivity contribution in [3.05, 3.63) is 95.0 Å². The summed E-state index contributed by atoms with van der Waals surface area (Å²) in [4.78, 5) is 36.8. The molecule has 0 bridgehead atoms. The first kappa shape index (κ1) is 22.9. The van der Waals surface area contributed by atoms with Crippen molar-refractivity contribution in [1.29, 1.82) is 0 Å². The Morgan fingerprint density at radius 3 is 2.15 bits per heavy atom. The fourth-order valence-corrected chi connectivity index (χ4v) is 4.53. The van der Waals surface area contributed by atoms with Crippen molar-refractivity contribution in [2.75, 3.05) is 4.90 Å². The third kappa shape index (κ3) is 4.74. The highest BCUT2D eigenvalue weighted by Crippen LogP contribution is 2.38. The summed E-state index contributed by atoms with van der Waals surface area (Å²) in [5, 5.41) is 16.5. The minimum Gasteiger partial charge on any atom is -0.274 e. The average Bonchev–Trinajstić information content (AvgIpc) is 3.24. The van der Waals surface area contributed by atoms with Crippen LogP contribution in [0.5, 0.6) is 0 Å². The van der Waals surface area contributed by atoms with Crippen LogP contribution in [0.4, 0.5) is 11.4 Å². The number of carbonyl (C=O) groups is 2. The summed E-state index contributed by atoms with van der Waals surface area (Å²) in [6, 6.07) is 24.8. The van der Waals surface area contributed by atoms with E-state index in [1.165, 1.54) is 37.7 Å². The molecule has 0 unspecified atom stereocenters. The second kappa shape index (κ2) is 9.72. The van der Waals surface area contributed by atoms with Gasteiger partial charge in [-0.1, -0.05) is 54.2 Å². The molecule has 1 heterocycles. The number of rotatable bonds is 6. The molecule has 0 aliphatic carbocycles. The van der Waals surface area contributed by atoms with Crippen LogP contribution in [-0.4, -0.2) is 26.5 Å². The Hall–Kier alpha value is -4.24. The Morgan fingerprint density at radius 2 is 1.53 bits per heavy atom. The number of imide groups is 1. The summed E-state index contributed by atoms with van der Waals surface area (Å²) in [7, 11) is 0. The third-order valence-electron chi connectivity index (χ3n) is 5.00. The molecule has 1 aromatic heterocycles. The Balaban J connectivity index is 1.82. The van der Waals surface area contributed by atoms with Gasteiger partial charge in [-0.15, -0.1) is 0 Å². The van der Waals surface area contributed by atoms with E-state index in [1.807, 2.05) is 48.5 Å². The first-order chi connectivity index (χ1) is 16.3. The standard InChI is InChI=1S/C25H20N4O4S/c1-17(30)27(18(2)31)23-10-6-7-11-24(23)34-25-16-22(19-8-4-3-5-9-19)26-28(25)20-12-14-21(15-13-20)29(32)33/h3-16H,1-2H3. The second-order valence-corrected chi connectivity index (χ2v) is 8.42. The van der Waals surface area contributed by atoms with Gasteiger partial charge in [0.25, 0.3) is 5.69 Å². The van der Waals surface area contributed by atoms with E-state index in [9.17, 15) is 19.7 Å². The minimum absolute atomic E-state index is 0.0164. The van der Waals surface area contributed by atoms with Gasteiger partial charge in [-0.25, -0.2) is 9.58 Å². The molecular weight excluding hydrogens is 452 g/mol. The number of anilines is 1. The van der Waals surface area contributed by atoms with Crippen LogP contribution in [0.3, 0.4) is 0 Å². The molecule has 0 saturated carbocycles. The number of nitrogens with zero attached hydrogens (tertiary/aromatic N) is 4. The smallest absolute Gasteiger partial charge is 0.269 e. The number of para-hydroxylation sites is 1. The van der Waals surface area contributed by atoms with Crippen LogP contribution in [0.25, 0.3) is 16.9 Å². The van der Waals surface area contributed by atoms with Crippen LogP contribution in [0.1, 0.15) is 13.8 Å². The lowest BCUT2D eigenvalue weighted by molar-refractivity contribution is -0.384. The highest BCUT2D eigenvalue weighted by Gasteiger charge is 2.21. The van der Waals surface area contributed by atoms with E-state index in [0.717, 1.165) is 10.5 Å². The molecule has 170 valence electrons. The molecule has 0 atom stereocenters. The lowest BCUT2D eigenvalue weighted by Gasteiger charge is -2.20. The maximum absolute atomic E-state index is 12.2. The summed E-state index contributed by atoms with van der Waals surface area (Å²) in [6.07, 6.45) is 0. The summed E-state index contributed by atoms with van der Waals surface area (Å²) >= 11 is 1.35. The Kier molecular flexibility index (Phi) is 6.55. The van der Waals surface area contributed by atoms with Gasteiger partial charge in [0.1, 0.15) is 5.03 Å². The zero-order valence-electron chi connectivity index (χ0n) is 18.4. The Morgan fingerprint density at radius 1 is 0.912 bits per heavy atom. The highest BCUT2D eigenvalue weighted by atomic mass is 32.2. The monoisotopic (exact) mass is 472 g/mol. The van der Waals surface area contributed by atoms with Gasteiger partial charge in [-0.05, 0) is 30.3 Å². The first-order valence-electron chi connectivity index (χ1n) is 10.3. The van der Waals surface area contributed by atoms with Gasteiger partial charge in [0.2, 0.25) is 11.8 Å². The molecule has 0 N–H and O–H groups in total. The molecule has 0 saturated heterocycles. The van der Waals surface area contributed by atoms with Gasteiger partial charge in [-0.2, -0.15) is 5.10 Å². The number of non-ortho nitro benzene ring substituents is 1. The Labute approximate surface area is 200 Å². The zero-order valence-corrected chi connectivity index (χ0v) is 19.2. The van der Waals surface area contributed by atoms with Crippen molar-refractivity contribution < 1.29 is 14.5 Å². The lowest BCUT2D eigenvalue weighted by atomic mass is 10.2. The predicted molar refractivity (Wildman–Crippen MR) is 130 cm³/mol. The molecule has 4 aromatic rings. The normalized spacial score (nSPS) is 10.6. The number of nitro benzene ring substituents is 1. The van der Waals surface area contributed by atoms with Crippen molar-refractivity contribution in [2.24, 2.45) is 0 Å². The number of amides is 2. The van der Waals surface area contributed by atoms with E-state index >= 15 is 0 Å². The summed E-state index contributed by atoms with van der Waals surface area (Å²) in [5.74, 6) is -0.760. The van der Waals surface area contributed by atoms with Gasteiger partial charge in [0, 0.05) is 36.4 Å². The van der Waals surface area contributed by atoms with Crippen molar-refractivity contribution in [1.82, 2.24) is 9.78 Å². The first-order valence-corrected chi connectivity index (χ1v) is 11.2. The maximum Gasteiger partial charge on any atom is 0.269 e. The van der Waals surface area contributed by atoms with Crippen LogP contribution >= 0.6 is 11.8 Å². The van der Waals surface area contributed by atoms with Crippen LogP contribution in [-0.2, 0) is 9.59 Å². The minimum atomic E-state index is -0.452. The molecule has 4 rings (SSSR count). The van der Waals surface area contributed by atoms with Gasteiger partial charge in [-0.3, -0.25) is 19.7 Å². The van der Waals surface area contributed by atoms with Crippen LogP contribution in [0, 0.1) is 10.1 Å². The molecule has 9 heteroatoms. The largest absolute Gasteiger partial charge is 0.274 e. The molecule has 0 fully saturated rings. The van der Waals surface area contributed by atoms with E-state index in [1.54, 1.807) is 28.9 Å². The molecule has 34 heavy (non-hydrogen) atoms. The number of nitro groups is 1. The molecule has 0 radical (unpaired) electrons. The molecule has 8 nitrogen and oxygen atoms in total. The SMILES string of the molecule is CC(=O)N(C(C)=O)c1ccccc1Sc1cc(-c2ccccc2)nn1-c1ccc([N+](=O)[O-])cc1. The molecule has 0 aliphatic rings. The van der Waals surface area contributed by atoms with Gasteiger partial charge >= 0.3 is 0 Å². The van der Waals surface area contributed by atoms with E-state index < -0.39 is 4.92 Å². The molecule has 0 aliphatic heterocycles. The molecule has 0 spiro atoms. The third-order valence-corrected chi connectivity index (χ3v) is 6.07. The van der Waals surface area contributed by atoms with Crippen LogP contribution in [0.2, 0.25) is 0 Å². The van der Waals surface area contributed by atoms with E-state index in [2.05, 4.69) is 0 Å².